The van der Waals surface area contributed by atoms with E-state index in [1.54, 1.807) is 69.9 Å². The third-order valence-corrected chi connectivity index (χ3v) is 7.86. The molecule has 2 rings (SSSR count). The van der Waals surface area contributed by atoms with Crippen LogP contribution >= 0.6 is 11.6 Å². The van der Waals surface area contributed by atoms with Crippen molar-refractivity contribution in [3.05, 3.63) is 57.8 Å². The average molecular weight is 538 g/mol. The van der Waals surface area contributed by atoms with Crippen molar-refractivity contribution in [2.75, 3.05) is 19.7 Å². The summed E-state index contributed by atoms with van der Waals surface area (Å²) in [5.74, 6) is -0.404. The molecule has 1 aromatic rings. The molecule has 0 saturated heterocycles. The number of carbonyl (C=O) groups is 2. The highest BCUT2D eigenvalue weighted by atomic mass is 35.5. The number of benzene rings is 1. The molecule has 0 fully saturated rings. The number of hydrogen-bond donors (Lipinski definition) is 0. The van der Waals surface area contributed by atoms with Gasteiger partial charge >= 0.3 is 5.97 Å². The van der Waals surface area contributed by atoms with Crippen LogP contribution in [0.5, 0.6) is 0 Å². The van der Waals surface area contributed by atoms with Crippen LogP contribution in [0.25, 0.3) is 6.08 Å². The number of ether oxygens (including phenoxy) is 2. The van der Waals surface area contributed by atoms with Crippen LogP contribution in [-0.2, 0) is 24.1 Å². The molecule has 0 radical (unpaired) electrons. The van der Waals surface area contributed by atoms with Gasteiger partial charge in [-0.3, -0.25) is 4.79 Å². The van der Waals surface area contributed by atoms with Crippen LogP contribution in [0, 0.1) is 0 Å². The standard InChI is InChI=1S/C27H36ClNO6S/c1-8-29(9-2)26(31)22-12-10-19(15-24(22)36(32,33)18(3)4)14-20-16-21(28)11-13-23(20)34-17-25(30)35-27(5,6)7/h10-15,18H,8-9,16-17H2,1-7H3. The maximum absolute atomic E-state index is 13.2. The molecule has 0 spiro atoms. The van der Waals surface area contributed by atoms with Gasteiger partial charge in [0.25, 0.3) is 5.91 Å². The minimum Gasteiger partial charge on any atom is -0.482 e. The van der Waals surface area contributed by atoms with Gasteiger partial charge in [-0.2, -0.15) is 0 Å². The lowest BCUT2D eigenvalue weighted by molar-refractivity contribution is -0.158. The molecule has 0 atom stereocenters. The second kappa shape index (κ2) is 12.1. The Hall–Kier alpha value is -2.58. The van der Waals surface area contributed by atoms with E-state index in [9.17, 15) is 18.0 Å². The largest absolute Gasteiger partial charge is 0.482 e. The summed E-state index contributed by atoms with van der Waals surface area (Å²) in [5.41, 5.74) is 0.750. The Morgan fingerprint density at radius 1 is 1.14 bits per heavy atom. The summed E-state index contributed by atoms with van der Waals surface area (Å²) in [5, 5.41) is -0.141. The van der Waals surface area contributed by atoms with Gasteiger partial charge < -0.3 is 14.4 Å². The van der Waals surface area contributed by atoms with Gasteiger partial charge in [0.2, 0.25) is 0 Å². The molecule has 1 amide bonds. The zero-order valence-corrected chi connectivity index (χ0v) is 23.6. The van der Waals surface area contributed by atoms with Gasteiger partial charge in [-0.15, -0.1) is 0 Å². The minimum atomic E-state index is -3.75. The smallest absolute Gasteiger partial charge is 0.344 e. The lowest BCUT2D eigenvalue weighted by Gasteiger charge is -2.22. The van der Waals surface area contributed by atoms with Crippen molar-refractivity contribution in [1.29, 1.82) is 0 Å². The van der Waals surface area contributed by atoms with Crippen molar-refractivity contribution in [3.63, 3.8) is 0 Å². The van der Waals surface area contributed by atoms with Gasteiger partial charge in [0, 0.05) is 30.1 Å². The van der Waals surface area contributed by atoms with Crippen LogP contribution < -0.4 is 0 Å². The topological polar surface area (TPSA) is 90.0 Å². The Labute approximate surface area is 219 Å². The van der Waals surface area contributed by atoms with Crippen molar-refractivity contribution in [3.8, 4) is 0 Å². The minimum absolute atomic E-state index is 0.0126. The SMILES string of the molecule is CCN(CC)C(=O)c1ccc(C=C2CC(Cl)=CC=C2OCC(=O)OC(C)(C)C)cc1S(=O)(=O)C(C)C. The van der Waals surface area contributed by atoms with Crippen molar-refractivity contribution >= 4 is 39.4 Å². The van der Waals surface area contributed by atoms with Crippen molar-refractivity contribution in [2.24, 2.45) is 0 Å². The molecule has 0 aromatic heterocycles. The van der Waals surface area contributed by atoms with Crippen LogP contribution in [0.15, 0.2) is 51.6 Å². The van der Waals surface area contributed by atoms with Gasteiger partial charge in [0.15, 0.2) is 16.4 Å². The Morgan fingerprint density at radius 3 is 2.33 bits per heavy atom. The Balaban J connectivity index is 2.48. The molecule has 0 N–H and O–H groups in total. The molecular weight excluding hydrogens is 502 g/mol. The summed E-state index contributed by atoms with van der Waals surface area (Å²) in [4.78, 5) is 26.8. The number of carbonyl (C=O) groups excluding carboxylic acids is 2. The molecule has 0 heterocycles. The summed E-state index contributed by atoms with van der Waals surface area (Å²) in [7, 11) is -3.75. The van der Waals surface area contributed by atoms with Crippen LogP contribution in [0.4, 0.5) is 0 Å². The number of esters is 1. The normalized spacial score (nSPS) is 15.4. The molecule has 1 aliphatic rings. The lowest BCUT2D eigenvalue weighted by atomic mass is 10.0. The number of allylic oxidation sites excluding steroid dienone is 4. The van der Waals surface area contributed by atoms with E-state index in [0.717, 1.165) is 0 Å². The van der Waals surface area contributed by atoms with Crippen LogP contribution in [0.3, 0.4) is 0 Å². The van der Waals surface area contributed by atoms with E-state index in [0.29, 0.717) is 41.4 Å². The lowest BCUT2D eigenvalue weighted by Crippen LogP contribution is -2.32. The third kappa shape index (κ3) is 7.71. The molecular formula is C27H36ClNO6S. The number of rotatable bonds is 9. The molecule has 9 heteroatoms. The molecule has 1 aliphatic carbocycles. The van der Waals surface area contributed by atoms with E-state index in [1.165, 1.54) is 6.07 Å². The van der Waals surface area contributed by atoms with Gasteiger partial charge in [0.1, 0.15) is 11.4 Å². The van der Waals surface area contributed by atoms with E-state index >= 15 is 0 Å². The second-order valence-corrected chi connectivity index (χ2v) is 12.7. The highest BCUT2D eigenvalue weighted by molar-refractivity contribution is 7.92. The van der Waals surface area contributed by atoms with Crippen molar-refractivity contribution in [1.82, 2.24) is 4.90 Å². The quantitative estimate of drug-likeness (QED) is 0.386. The zero-order chi connectivity index (χ0) is 27.3. The fourth-order valence-corrected chi connectivity index (χ4v) is 5.03. The molecule has 0 unspecified atom stereocenters. The summed E-state index contributed by atoms with van der Waals surface area (Å²) in [6.45, 7) is 12.8. The number of halogens is 1. The van der Waals surface area contributed by atoms with E-state index in [-0.39, 0.29) is 23.0 Å². The predicted octanol–water partition coefficient (Wildman–Crippen LogP) is 5.50. The molecule has 36 heavy (non-hydrogen) atoms. The van der Waals surface area contributed by atoms with E-state index < -0.39 is 26.7 Å². The number of nitrogens with zero attached hydrogens (tertiary/aromatic N) is 1. The molecule has 1 aromatic carbocycles. The van der Waals surface area contributed by atoms with Gasteiger partial charge in [-0.05, 0) is 84.4 Å². The first-order chi connectivity index (χ1) is 16.7. The van der Waals surface area contributed by atoms with Crippen LogP contribution in [0.1, 0.15) is 70.8 Å². The highest BCUT2D eigenvalue weighted by Crippen LogP contribution is 2.31. The molecule has 0 bridgehead atoms. The van der Waals surface area contributed by atoms with Gasteiger partial charge in [-0.25, -0.2) is 13.2 Å². The summed E-state index contributed by atoms with van der Waals surface area (Å²) >= 11 is 6.25. The van der Waals surface area contributed by atoms with Gasteiger partial charge in [0.05, 0.1) is 15.7 Å². The van der Waals surface area contributed by atoms with E-state index in [4.69, 9.17) is 21.1 Å². The predicted molar refractivity (Wildman–Crippen MR) is 142 cm³/mol. The Morgan fingerprint density at radius 2 is 1.78 bits per heavy atom. The third-order valence-electron chi connectivity index (χ3n) is 5.41. The first-order valence-corrected chi connectivity index (χ1v) is 13.9. The maximum atomic E-state index is 13.2. The molecule has 0 aliphatic heterocycles. The fraction of sp³-hybridized carbons (Fsp3) is 0.481. The first-order valence-electron chi connectivity index (χ1n) is 12.0. The average Bonchev–Trinajstić information content (AvgIpc) is 2.78. The van der Waals surface area contributed by atoms with Crippen molar-refractivity contribution < 1.29 is 27.5 Å². The number of sulfone groups is 1. The van der Waals surface area contributed by atoms with Crippen molar-refractivity contribution in [2.45, 2.75) is 70.6 Å². The Kier molecular flexibility index (Phi) is 9.97. The number of amides is 1. The molecule has 7 nitrogen and oxygen atoms in total. The fourth-order valence-electron chi connectivity index (χ4n) is 3.55. The zero-order valence-electron chi connectivity index (χ0n) is 22.1. The first kappa shape index (κ1) is 29.6. The summed E-state index contributed by atoms with van der Waals surface area (Å²) < 4.78 is 37.4. The summed E-state index contributed by atoms with van der Waals surface area (Å²) in [6.07, 6.45) is 5.44. The molecule has 198 valence electrons. The second-order valence-electron chi connectivity index (χ2n) is 9.69. The Bertz CT molecular complexity index is 1190. The highest BCUT2D eigenvalue weighted by Gasteiger charge is 2.28. The molecule has 0 saturated carbocycles. The van der Waals surface area contributed by atoms with Crippen LogP contribution in [-0.4, -0.2) is 55.7 Å². The van der Waals surface area contributed by atoms with E-state index in [2.05, 4.69) is 0 Å². The van der Waals surface area contributed by atoms with E-state index in [1.807, 2.05) is 13.8 Å². The maximum Gasteiger partial charge on any atom is 0.344 e. The van der Waals surface area contributed by atoms with Crippen LogP contribution in [0.2, 0.25) is 0 Å². The number of hydrogen-bond acceptors (Lipinski definition) is 6. The monoisotopic (exact) mass is 537 g/mol. The van der Waals surface area contributed by atoms with Gasteiger partial charge in [-0.1, -0.05) is 17.7 Å². The summed E-state index contributed by atoms with van der Waals surface area (Å²) in [6, 6.07) is 4.76.